The number of ether oxygens (including phenoxy) is 1. The predicted octanol–water partition coefficient (Wildman–Crippen LogP) is 1.34. The summed E-state index contributed by atoms with van der Waals surface area (Å²) in [4.78, 5) is 15.8. The molecule has 0 saturated heterocycles. The number of rotatable bonds is 6. The lowest BCUT2D eigenvalue weighted by Crippen LogP contribution is -2.32. The van der Waals surface area contributed by atoms with E-state index >= 15 is 0 Å². The summed E-state index contributed by atoms with van der Waals surface area (Å²) in [6.45, 7) is 0.0274. The summed E-state index contributed by atoms with van der Waals surface area (Å²) in [6, 6.07) is 7.60. The monoisotopic (exact) mass is 320 g/mol. The van der Waals surface area contributed by atoms with Crippen molar-refractivity contribution >= 4 is 32.8 Å². The molecule has 1 N–H and O–H groups in total. The van der Waals surface area contributed by atoms with Crippen molar-refractivity contribution in [1.29, 1.82) is 0 Å². The van der Waals surface area contributed by atoms with Gasteiger partial charge in [0.2, 0.25) is 10.0 Å². The number of nitrogens with zero attached hydrogens (tertiary/aromatic N) is 1. The molecule has 0 aliphatic heterocycles. The molecule has 0 spiro atoms. The third-order valence-electron chi connectivity index (χ3n) is 2.93. The molecule has 2 aromatic rings. The van der Waals surface area contributed by atoms with Crippen LogP contribution in [0.3, 0.4) is 0 Å². The van der Waals surface area contributed by atoms with Gasteiger partial charge in [-0.25, -0.2) is 13.1 Å². The number of pyridine rings is 1. The fourth-order valence-electron chi connectivity index (χ4n) is 1.87. The van der Waals surface area contributed by atoms with Crippen LogP contribution in [0, 0.1) is 0 Å². The van der Waals surface area contributed by atoms with Gasteiger partial charge in [0.15, 0.2) is 0 Å². The van der Waals surface area contributed by atoms with Gasteiger partial charge in [0.05, 0.1) is 12.4 Å². The lowest BCUT2D eigenvalue weighted by atomic mass is 10.1. The van der Waals surface area contributed by atoms with Crippen LogP contribution in [0.2, 0.25) is 0 Å². The van der Waals surface area contributed by atoms with Gasteiger partial charge in [0, 0.05) is 36.5 Å². The highest BCUT2D eigenvalue weighted by Gasteiger charge is 2.12. The second kappa shape index (κ2) is 7.15. The van der Waals surface area contributed by atoms with Crippen molar-refractivity contribution in [3.05, 3.63) is 48.3 Å². The molecule has 22 heavy (non-hydrogen) atoms. The lowest BCUT2D eigenvalue weighted by molar-refractivity contribution is -0.114. The average Bonchev–Trinajstić information content (AvgIpc) is 2.50. The number of carbonyl (C=O) groups excluding carboxylic acids is 1. The van der Waals surface area contributed by atoms with Crippen molar-refractivity contribution in [2.45, 2.75) is 0 Å². The van der Waals surface area contributed by atoms with Crippen LogP contribution in [0.25, 0.3) is 16.8 Å². The Morgan fingerprint density at radius 2 is 2.09 bits per heavy atom. The van der Waals surface area contributed by atoms with Crippen LogP contribution in [0.1, 0.15) is 5.56 Å². The van der Waals surface area contributed by atoms with Gasteiger partial charge >= 0.3 is 0 Å². The first kappa shape index (κ1) is 16.1. The van der Waals surface area contributed by atoms with Gasteiger partial charge in [-0.05, 0) is 11.5 Å². The highest BCUT2D eigenvalue weighted by molar-refractivity contribution is 7.90. The quantitative estimate of drug-likeness (QED) is 0.812. The Morgan fingerprint density at radius 3 is 2.86 bits per heavy atom. The molecule has 0 fully saturated rings. The summed E-state index contributed by atoms with van der Waals surface area (Å²) in [7, 11) is -2.29. The summed E-state index contributed by atoms with van der Waals surface area (Å²) in [5.74, 6) is -0.970. The summed E-state index contributed by atoms with van der Waals surface area (Å²) in [5, 5.41) is 1.88. The third-order valence-corrected chi connectivity index (χ3v) is 4.14. The topological polar surface area (TPSA) is 85.4 Å². The Hall–Kier alpha value is -2.25. The number of fused-ring (bicyclic) bond motifs is 1. The van der Waals surface area contributed by atoms with Crippen molar-refractivity contribution in [2.24, 2.45) is 0 Å². The standard InChI is InChI=1S/C15H16N2O4S/c1-21-8-9-22(19,20)17-15(18)7-6-13-11-16-10-12-4-2-3-5-14(12)13/h2-7,10-11H,8-9H2,1H3,(H,17,18)/b7-6+. The Morgan fingerprint density at radius 1 is 1.32 bits per heavy atom. The van der Waals surface area contributed by atoms with Gasteiger partial charge in [-0.3, -0.25) is 9.78 Å². The Kier molecular flexibility index (Phi) is 5.24. The number of methoxy groups -OCH3 is 1. The number of aromatic nitrogens is 1. The zero-order chi connectivity index (χ0) is 16.0. The average molecular weight is 320 g/mol. The van der Waals surface area contributed by atoms with E-state index in [1.54, 1.807) is 12.4 Å². The van der Waals surface area contributed by atoms with E-state index in [9.17, 15) is 13.2 Å². The maximum Gasteiger partial charge on any atom is 0.257 e. The molecule has 0 unspecified atom stereocenters. The summed E-state index contributed by atoms with van der Waals surface area (Å²) in [6.07, 6.45) is 6.05. The van der Waals surface area contributed by atoms with Crippen LogP contribution in [0.4, 0.5) is 0 Å². The number of amides is 1. The zero-order valence-corrected chi connectivity index (χ0v) is 12.8. The number of sulfonamides is 1. The van der Waals surface area contributed by atoms with E-state index in [4.69, 9.17) is 0 Å². The Labute approximate surface area is 128 Å². The van der Waals surface area contributed by atoms with Gasteiger partial charge < -0.3 is 4.74 Å². The molecule has 7 heteroatoms. The summed E-state index contributed by atoms with van der Waals surface area (Å²) < 4.78 is 29.8. The fourth-order valence-corrected chi connectivity index (χ4v) is 2.73. The molecule has 116 valence electrons. The predicted molar refractivity (Wildman–Crippen MR) is 84.6 cm³/mol. The second-order valence-corrected chi connectivity index (χ2v) is 6.40. The van der Waals surface area contributed by atoms with Gasteiger partial charge in [-0.1, -0.05) is 24.3 Å². The van der Waals surface area contributed by atoms with Crippen LogP contribution >= 0.6 is 0 Å². The highest BCUT2D eigenvalue weighted by Crippen LogP contribution is 2.17. The van der Waals surface area contributed by atoms with Crippen LogP contribution in [0.5, 0.6) is 0 Å². The molecule has 0 aliphatic rings. The van der Waals surface area contributed by atoms with Crippen LogP contribution in [-0.4, -0.2) is 38.8 Å². The van der Waals surface area contributed by atoms with E-state index in [1.807, 2.05) is 29.0 Å². The van der Waals surface area contributed by atoms with Crippen LogP contribution in [-0.2, 0) is 19.6 Å². The first-order chi connectivity index (χ1) is 10.5. The molecule has 0 aliphatic carbocycles. The SMILES string of the molecule is COCCS(=O)(=O)NC(=O)/C=C/c1cncc2ccccc12. The first-order valence-corrected chi connectivity index (χ1v) is 8.21. The highest BCUT2D eigenvalue weighted by atomic mass is 32.2. The normalized spacial score (nSPS) is 11.9. The van der Waals surface area contributed by atoms with Crippen molar-refractivity contribution < 1.29 is 17.9 Å². The second-order valence-electron chi connectivity index (χ2n) is 4.56. The van der Waals surface area contributed by atoms with Crippen LogP contribution in [0.15, 0.2) is 42.7 Å². The molecule has 1 amide bonds. The molecular weight excluding hydrogens is 304 g/mol. The molecule has 1 aromatic heterocycles. The molecule has 0 saturated carbocycles. The smallest absolute Gasteiger partial charge is 0.257 e. The minimum absolute atomic E-state index is 0.0274. The molecule has 0 bridgehead atoms. The molecule has 6 nitrogen and oxygen atoms in total. The van der Waals surface area contributed by atoms with Crippen molar-refractivity contribution in [3.8, 4) is 0 Å². The molecule has 1 aromatic carbocycles. The van der Waals surface area contributed by atoms with E-state index < -0.39 is 15.9 Å². The molecule has 0 atom stereocenters. The number of carbonyl (C=O) groups is 1. The number of nitrogens with one attached hydrogen (secondary N) is 1. The molecule has 1 heterocycles. The Bertz CT molecular complexity index is 795. The lowest BCUT2D eigenvalue weighted by Gasteiger charge is -2.04. The van der Waals surface area contributed by atoms with Crippen molar-refractivity contribution in [1.82, 2.24) is 9.71 Å². The number of benzene rings is 1. The van der Waals surface area contributed by atoms with E-state index in [2.05, 4.69) is 9.72 Å². The minimum atomic E-state index is -3.68. The van der Waals surface area contributed by atoms with Crippen LogP contribution < -0.4 is 4.72 Å². The number of hydrogen-bond acceptors (Lipinski definition) is 5. The summed E-state index contributed by atoms with van der Waals surface area (Å²) >= 11 is 0. The number of hydrogen-bond donors (Lipinski definition) is 1. The Balaban J connectivity index is 2.12. The van der Waals surface area contributed by atoms with Crippen molar-refractivity contribution in [3.63, 3.8) is 0 Å². The maximum atomic E-state index is 11.7. The fraction of sp³-hybridized carbons (Fsp3) is 0.200. The largest absolute Gasteiger partial charge is 0.384 e. The van der Waals surface area contributed by atoms with Gasteiger partial charge in [-0.2, -0.15) is 0 Å². The van der Waals surface area contributed by atoms with E-state index in [-0.39, 0.29) is 12.4 Å². The van der Waals surface area contributed by atoms with Gasteiger partial charge in [-0.15, -0.1) is 0 Å². The minimum Gasteiger partial charge on any atom is -0.384 e. The van der Waals surface area contributed by atoms with Gasteiger partial charge in [0.25, 0.3) is 5.91 Å². The molecule has 0 radical (unpaired) electrons. The molecular formula is C15H16N2O4S. The van der Waals surface area contributed by atoms with Crippen molar-refractivity contribution in [2.75, 3.05) is 19.5 Å². The van der Waals surface area contributed by atoms with E-state index in [0.717, 1.165) is 16.3 Å². The third kappa shape index (κ3) is 4.37. The maximum absolute atomic E-state index is 11.7. The zero-order valence-electron chi connectivity index (χ0n) is 12.0. The van der Waals surface area contributed by atoms with E-state index in [1.165, 1.54) is 19.3 Å². The van der Waals surface area contributed by atoms with Gasteiger partial charge in [0.1, 0.15) is 0 Å². The van der Waals surface area contributed by atoms with E-state index in [0.29, 0.717) is 0 Å². The summed E-state index contributed by atoms with van der Waals surface area (Å²) in [5.41, 5.74) is 0.738. The first-order valence-electron chi connectivity index (χ1n) is 6.56. The molecule has 2 rings (SSSR count).